The lowest BCUT2D eigenvalue weighted by Gasteiger charge is -2.22. The van der Waals surface area contributed by atoms with Gasteiger partial charge >= 0.3 is 0 Å². The van der Waals surface area contributed by atoms with Crippen molar-refractivity contribution in [2.75, 3.05) is 24.1 Å². The predicted molar refractivity (Wildman–Crippen MR) is 92.4 cm³/mol. The first-order valence-electron chi connectivity index (χ1n) is 7.48. The quantitative estimate of drug-likeness (QED) is 0.922. The predicted octanol–water partition coefficient (Wildman–Crippen LogP) is 2.75. The second-order valence-corrected chi connectivity index (χ2v) is 6.40. The molecule has 126 valence electrons. The number of aryl methyl sites for hydroxylation is 1. The van der Waals surface area contributed by atoms with Crippen molar-refractivity contribution in [2.45, 2.75) is 13.0 Å². The number of carbonyl (C=O) groups is 2. The zero-order valence-electron chi connectivity index (χ0n) is 13.4. The maximum absolute atomic E-state index is 12.6. The Morgan fingerprint density at radius 3 is 2.67 bits per heavy atom. The molecule has 7 heteroatoms. The van der Waals surface area contributed by atoms with E-state index in [1.165, 1.54) is 6.26 Å². The van der Waals surface area contributed by atoms with Gasteiger partial charge in [0.2, 0.25) is 5.91 Å². The van der Waals surface area contributed by atoms with Gasteiger partial charge in [-0.05, 0) is 37.3 Å². The first kappa shape index (κ1) is 16.4. The number of ether oxygens (including phenoxy) is 1. The fourth-order valence-electron chi connectivity index (χ4n) is 2.52. The third-order valence-corrected chi connectivity index (χ3v) is 4.90. The van der Waals surface area contributed by atoms with Crippen molar-refractivity contribution < 1.29 is 18.7 Å². The summed E-state index contributed by atoms with van der Waals surface area (Å²) in [7, 11) is 1.59. The van der Waals surface area contributed by atoms with Crippen LogP contribution < -0.4 is 10.1 Å². The highest BCUT2D eigenvalue weighted by Gasteiger charge is 2.36. The molecular weight excluding hydrogens is 328 g/mol. The van der Waals surface area contributed by atoms with Crippen LogP contribution in [0.15, 0.2) is 41.0 Å². The highest BCUT2D eigenvalue weighted by atomic mass is 32.2. The molecule has 1 aliphatic rings. The van der Waals surface area contributed by atoms with Crippen LogP contribution in [0.1, 0.15) is 16.1 Å². The van der Waals surface area contributed by atoms with E-state index in [-0.39, 0.29) is 11.8 Å². The SMILES string of the molecule is COc1ccc(NC(=O)C2CSCN2C(=O)c2ccoc2C)cc1. The molecule has 1 unspecified atom stereocenters. The highest BCUT2D eigenvalue weighted by molar-refractivity contribution is 7.99. The highest BCUT2D eigenvalue weighted by Crippen LogP contribution is 2.26. The van der Waals surface area contributed by atoms with E-state index >= 15 is 0 Å². The van der Waals surface area contributed by atoms with E-state index in [0.29, 0.717) is 28.6 Å². The van der Waals surface area contributed by atoms with Gasteiger partial charge in [-0.3, -0.25) is 9.59 Å². The number of furan rings is 1. The van der Waals surface area contributed by atoms with Gasteiger partial charge in [-0.2, -0.15) is 0 Å². The van der Waals surface area contributed by atoms with E-state index in [4.69, 9.17) is 9.15 Å². The summed E-state index contributed by atoms with van der Waals surface area (Å²) in [5.74, 6) is 1.97. The van der Waals surface area contributed by atoms with Crippen LogP contribution >= 0.6 is 11.8 Å². The maximum atomic E-state index is 12.6. The largest absolute Gasteiger partial charge is 0.497 e. The van der Waals surface area contributed by atoms with Crippen LogP contribution in [0, 0.1) is 6.92 Å². The molecule has 3 rings (SSSR count). The van der Waals surface area contributed by atoms with Crippen LogP contribution in [0.4, 0.5) is 5.69 Å². The van der Waals surface area contributed by atoms with Crippen molar-refractivity contribution in [1.82, 2.24) is 4.90 Å². The van der Waals surface area contributed by atoms with Gasteiger partial charge < -0.3 is 19.4 Å². The lowest BCUT2D eigenvalue weighted by atomic mass is 10.2. The third-order valence-electron chi connectivity index (χ3n) is 3.89. The summed E-state index contributed by atoms with van der Waals surface area (Å²) in [4.78, 5) is 26.8. The Morgan fingerprint density at radius 2 is 2.04 bits per heavy atom. The Hall–Kier alpha value is -2.41. The molecule has 6 nitrogen and oxygen atoms in total. The molecule has 1 aromatic heterocycles. The molecule has 2 heterocycles. The number of rotatable bonds is 4. The Morgan fingerprint density at radius 1 is 1.29 bits per heavy atom. The second kappa shape index (κ2) is 7.00. The number of nitrogens with zero attached hydrogens (tertiary/aromatic N) is 1. The molecule has 1 aliphatic heterocycles. The summed E-state index contributed by atoms with van der Waals surface area (Å²) in [6.07, 6.45) is 1.48. The molecule has 0 radical (unpaired) electrons. The van der Waals surface area contributed by atoms with Gasteiger partial charge in [0.25, 0.3) is 5.91 Å². The van der Waals surface area contributed by atoms with E-state index in [0.717, 1.165) is 5.75 Å². The smallest absolute Gasteiger partial charge is 0.258 e. The van der Waals surface area contributed by atoms with Crippen LogP contribution in [0.25, 0.3) is 0 Å². The monoisotopic (exact) mass is 346 g/mol. The van der Waals surface area contributed by atoms with E-state index in [9.17, 15) is 9.59 Å². The lowest BCUT2D eigenvalue weighted by Crippen LogP contribution is -2.44. The van der Waals surface area contributed by atoms with Crippen molar-refractivity contribution in [1.29, 1.82) is 0 Å². The van der Waals surface area contributed by atoms with Crippen molar-refractivity contribution in [2.24, 2.45) is 0 Å². The minimum absolute atomic E-state index is 0.180. The third kappa shape index (κ3) is 3.26. The molecule has 1 N–H and O–H groups in total. The number of anilines is 1. The van der Waals surface area contributed by atoms with Crippen molar-refractivity contribution in [3.63, 3.8) is 0 Å². The average molecular weight is 346 g/mol. The summed E-state index contributed by atoms with van der Waals surface area (Å²) in [5, 5.41) is 2.85. The second-order valence-electron chi connectivity index (χ2n) is 5.40. The van der Waals surface area contributed by atoms with Gasteiger partial charge in [-0.25, -0.2) is 0 Å². The molecule has 1 saturated heterocycles. The standard InChI is InChI=1S/C17H18N2O4S/c1-11-14(7-8-23-11)17(21)19-10-24-9-15(19)16(20)18-12-3-5-13(22-2)6-4-12/h3-8,15H,9-10H2,1-2H3,(H,18,20). The molecule has 1 fully saturated rings. The number of benzene rings is 1. The number of amides is 2. The topological polar surface area (TPSA) is 71.8 Å². The van der Waals surface area contributed by atoms with Gasteiger partial charge in [0.15, 0.2) is 0 Å². The Balaban J connectivity index is 1.71. The molecule has 1 aromatic carbocycles. The Labute approximate surface area is 144 Å². The van der Waals surface area contributed by atoms with E-state index in [1.807, 2.05) is 0 Å². The number of nitrogens with one attached hydrogen (secondary N) is 1. The summed E-state index contributed by atoms with van der Waals surface area (Å²) in [6.45, 7) is 1.74. The molecule has 24 heavy (non-hydrogen) atoms. The van der Waals surface area contributed by atoms with Gasteiger partial charge in [-0.1, -0.05) is 0 Å². The fraction of sp³-hybridized carbons (Fsp3) is 0.294. The summed E-state index contributed by atoms with van der Waals surface area (Å²) in [6, 6.07) is 8.22. The van der Waals surface area contributed by atoms with Gasteiger partial charge in [-0.15, -0.1) is 11.8 Å². The van der Waals surface area contributed by atoms with Gasteiger partial charge in [0.1, 0.15) is 17.6 Å². The van der Waals surface area contributed by atoms with Crippen LogP contribution in [-0.2, 0) is 4.79 Å². The fourth-order valence-corrected chi connectivity index (χ4v) is 3.68. The molecule has 0 bridgehead atoms. The maximum Gasteiger partial charge on any atom is 0.258 e. The number of carbonyl (C=O) groups excluding carboxylic acids is 2. The van der Waals surface area contributed by atoms with Crippen LogP contribution in [0.5, 0.6) is 5.75 Å². The summed E-state index contributed by atoms with van der Waals surface area (Å²) < 4.78 is 10.3. The van der Waals surface area contributed by atoms with E-state index in [2.05, 4.69) is 5.32 Å². The van der Waals surface area contributed by atoms with Crippen LogP contribution in [0.2, 0.25) is 0 Å². The van der Waals surface area contributed by atoms with E-state index < -0.39 is 6.04 Å². The average Bonchev–Trinajstić information content (AvgIpc) is 3.24. The molecular formula is C17H18N2O4S. The summed E-state index contributed by atoms with van der Waals surface area (Å²) >= 11 is 1.56. The first-order valence-corrected chi connectivity index (χ1v) is 8.63. The van der Waals surface area contributed by atoms with Crippen LogP contribution in [0.3, 0.4) is 0 Å². The van der Waals surface area contributed by atoms with Crippen LogP contribution in [-0.4, -0.2) is 41.5 Å². The minimum atomic E-state index is -0.501. The molecule has 0 spiro atoms. The first-order chi connectivity index (χ1) is 11.6. The molecule has 1 atom stereocenters. The Bertz CT molecular complexity index is 741. The van der Waals surface area contributed by atoms with Crippen molar-refractivity contribution >= 4 is 29.3 Å². The number of methoxy groups -OCH3 is 1. The van der Waals surface area contributed by atoms with Crippen molar-refractivity contribution in [3.05, 3.63) is 47.9 Å². The van der Waals surface area contributed by atoms with Gasteiger partial charge in [0, 0.05) is 11.4 Å². The number of thioether (sulfide) groups is 1. The van der Waals surface area contributed by atoms with E-state index in [1.54, 1.807) is 61.0 Å². The zero-order valence-corrected chi connectivity index (χ0v) is 14.3. The summed E-state index contributed by atoms with van der Waals surface area (Å²) in [5.41, 5.74) is 1.17. The normalized spacial score (nSPS) is 16.9. The molecule has 2 amide bonds. The Kier molecular flexibility index (Phi) is 4.80. The zero-order chi connectivity index (χ0) is 17.1. The lowest BCUT2D eigenvalue weighted by molar-refractivity contribution is -0.119. The number of hydrogen-bond acceptors (Lipinski definition) is 5. The minimum Gasteiger partial charge on any atom is -0.497 e. The van der Waals surface area contributed by atoms with Gasteiger partial charge in [0.05, 0.1) is 24.8 Å². The van der Waals surface area contributed by atoms with Crippen molar-refractivity contribution in [3.8, 4) is 5.75 Å². The molecule has 0 aliphatic carbocycles. The molecule has 0 saturated carbocycles. The molecule has 2 aromatic rings. The number of hydrogen-bond donors (Lipinski definition) is 1.